The van der Waals surface area contributed by atoms with Gasteiger partial charge < -0.3 is 10.4 Å². The van der Waals surface area contributed by atoms with E-state index in [0.29, 0.717) is 10.8 Å². The second-order valence-corrected chi connectivity index (χ2v) is 5.09. The van der Waals surface area contributed by atoms with Gasteiger partial charge in [-0.05, 0) is 6.42 Å². The third kappa shape index (κ3) is 6.83. The molecule has 20 heavy (non-hydrogen) atoms. The molecule has 1 rings (SSSR count). The van der Waals surface area contributed by atoms with Crippen LogP contribution < -0.4 is 5.32 Å². The minimum Gasteiger partial charge on any atom is -0.396 e. The fraction of sp³-hybridized carbons (Fsp3) is 0.636. The average molecular weight is 311 g/mol. The number of nitrogens with one attached hydrogen (secondary N) is 1. The molecule has 9 heteroatoms. The highest BCUT2D eigenvalue weighted by molar-refractivity contribution is 7.13. The zero-order chi connectivity index (χ0) is 15.2. The Morgan fingerprint density at radius 3 is 2.80 bits per heavy atom. The number of hydrogen-bond acceptors (Lipinski definition) is 5. The zero-order valence-electron chi connectivity index (χ0n) is 10.9. The normalized spacial score (nSPS) is 11.9. The van der Waals surface area contributed by atoms with Crippen LogP contribution in [0.4, 0.5) is 18.3 Å². The summed E-state index contributed by atoms with van der Waals surface area (Å²) < 4.78 is 37.3. The second-order valence-electron chi connectivity index (χ2n) is 4.23. The highest BCUT2D eigenvalue weighted by atomic mass is 32.1. The number of anilines is 1. The number of carbonyl (C=O) groups excluding carboxylic acids is 1. The summed E-state index contributed by atoms with van der Waals surface area (Å²) in [6, 6.07) is 0. The average Bonchev–Trinajstić information content (AvgIpc) is 2.70. The Balaban J connectivity index is 2.63. The summed E-state index contributed by atoms with van der Waals surface area (Å²) in [7, 11) is 0. The minimum atomic E-state index is -4.30. The van der Waals surface area contributed by atoms with Crippen LogP contribution in [-0.2, 0) is 11.3 Å². The number of thiazole rings is 1. The first-order valence-electron chi connectivity index (χ1n) is 5.92. The lowest BCUT2D eigenvalue weighted by atomic mass is 10.3. The van der Waals surface area contributed by atoms with E-state index in [-0.39, 0.29) is 32.0 Å². The Labute approximate surface area is 118 Å². The van der Waals surface area contributed by atoms with Gasteiger partial charge in [-0.25, -0.2) is 4.98 Å². The van der Waals surface area contributed by atoms with E-state index in [1.165, 1.54) is 11.8 Å². The van der Waals surface area contributed by atoms with Crippen molar-refractivity contribution in [2.75, 3.05) is 25.0 Å². The molecule has 0 aliphatic rings. The number of nitrogens with zero attached hydrogens (tertiary/aromatic N) is 2. The number of aromatic nitrogens is 1. The van der Waals surface area contributed by atoms with E-state index in [4.69, 9.17) is 5.11 Å². The highest BCUT2D eigenvalue weighted by Crippen LogP contribution is 2.20. The SMILES string of the molecule is CC(=O)Nc1nc(CN(CCCO)CC(F)(F)F)cs1. The molecular weight excluding hydrogens is 295 g/mol. The molecule has 0 unspecified atom stereocenters. The predicted molar refractivity (Wildman–Crippen MR) is 69.5 cm³/mol. The van der Waals surface area contributed by atoms with Crippen LogP contribution in [0.5, 0.6) is 0 Å². The van der Waals surface area contributed by atoms with Gasteiger partial charge in [0.25, 0.3) is 0 Å². The third-order valence-electron chi connectivity index (χ3n) is 2.26. The molecule has 1 amide bonds. The van der Waals surface area contributed by atoms with Crippen molar-refractivity contribution >= 4 is 22.4 Å². The van der Waals surface area contributed by atoms with Crippen LogP contribution in [0.15, 0.2) is 5.38 Å². The standard InChI is InChI=1S/C11H16F3N3O2S/c1-8(19)15-10-16-9(6-20-10)5-17(3-2-4-18)7-11(12,13)14/h6,18H,2-5,7H2,1H3,(H,15,16,19). The molecule has 1 aromatic heterocycles. The van der Waals surface area contributed by atoms with Crippen LogP contribution in [0.25, 0.3) is 0 Å². The minimum absolute atomic E-state index is 0.0234. The molecule has 1 aromatic rings. The number of carbonyl (C=O) groups is 1. The molecule has 0 fully saturated rings. The van der Waals surface area contributed by atoms with Gasteiger partial charge >= 0.3 is 6.18 Å². The molecule has 114 valence electrons. The van der Waals surface area contributed by atoms with Crippen molar-refractivity contribution in [1.29, 1.82) is 0 Å². The number of aliphatic hydroxyl groups excluding tert-OH is 1. The predicted octanol–water partition coefficient (Wildman–Crippen LogP) is 1.85. The number of hydrogen-bond donors (Lipinski definition) is 2. The summed E-state index contributed by atoms with van der Waals surface area (Å²) in [5.41, 5.74) is 0.459. The van der Waals surface area contributed by atoms with Crippen molar-refractivity contribution in [3.8, 4) is 0 Å². The van der Waals surface area contributed by atoms with Crippen molar-refractivity contribution in [3.05, 3.63) is 11.1 Å². The zero-order valence-corrected chi connectivity index (χ0v) is 11.7. The van der Waals surface area contributed by atoms with Crippen LogP contribution >= 0.6 is 11.3 Å². The van der Waals surface area contributed by atoms with Gasteiger partial charge in [-0.1, -0.05) is 0 Å². The van der Waals surface area contributed by atoms with E-state index < -0.39 is 12.7 Å². The van der Waals surface area contributed by atoms with Crippen LogP contribution in [0.2, 0.25) is 0 Å². The van der Waals surface area contributed by atoms with Gasteiger partial charge in [0.15, 0.2) is 5.13 Å². The topological polar surface area (TPSA) is 65.5 Å². The third-order valence-corrected chi connectivity index (χ3v) is 3.06. The fourth-order valence-electron chi connectivity index (χ4n) is 1.58. The largest absolute Gasteiger partial charge is 0.401 e. The smallest absolute Gasteiger partial charge is 0.396 e. The van der Waals surface area contributed by atoms with E-state index in [1.54, 1.807) is 5.38 Å². The Bertz CT molecular complexity index is 437. The van der Waals surface area contributed by atoms with Crippen molar-refractivity contribution in [1.82, 2.24) is 9.88 Å². The lowest BCUT2D eigenvalue weighted by Gasteiger charge is -2.22. The molecule has 5 nitrogen and oxygen atoms in total. The second kappa shape index (κ2) is 7.55. The first kappa shape index (κ1) is 16.9. The summed E-state index contributed by atoms with van der Waals surface area (Å²) in [4.78, 5) is 16.1. The number of amides is 1. The Hall–Kier alpha value is -1.19. The van der Waals surface area contributed by atoms with E-state index in [0.717, 1.165) is 11.3 Å². The first-order chi connectivity index (χ1) is 9.30. The summed E-state index contributed by atoms with van der Waals surface area (Å²) >= 11 is 1.16. The van der Waals surface area contributed by atoms with Gasteiger partial charge in [0.1, 0.15) is 0 Å². The van der Waals surface area contributed by atoms with Crippen LogP contribution in [0.1, 0.15) is 19.0 Å². The first-order valence-corrected chi connectivity index (χ1v) is 6.80. The molecule has 0 saturated heterocycles. The van der Waals surface area contributed by atoms with Crippen LogP contribution in [0, 0.1) is 0 Å². The van der Waals surface area contributed by atoms with Gasteiger partial charge in [0.2, 0.25) is 5.91 Å². The lowest BCUT2D eigenvalue weighted by Crippen LogP contribution is -2.35. The molecule has 0 spiro atoms. The van der Waals surface area contributed by atoms with E-state index in [1.807, 2.05) is 0 Å². The molecule has 0 saturated carbocycles. The van der Waals surface area contributed by atoms with Gasteiger partial charge in [0.05, 0.1) is 12.2 Å². The molecule has 0 aliphatic carbocycles. The van der Waals surface area contributed by atoms with Gasteiger partial charge in [0, 0.05) is 32.0 Å². The number of aliphatic hydroxyl groups is 1. The maximum absolute atomic E-state index is 12.4. The van der Waals surface area contributed by atoms with Gasteiger partial charge in [-0.15, -0.1) is 11.3 Å². The van der Waals surface area contributed by atoms with Crippen LogP contribution in [0.3, 0.4) is 0 Å². The molecule has 0 aliphatic heterocycles. The quantitative estimate of drug-likeness (QED) is 0.806. The molecule has 0 radical (unpaired) electrons. The molecule has 0 bridgehead atoms. The highest BCUT2D eigenvalue weighted by Gasteiger charge is 2.30. The lowest BCUT2D eigenvalue weighted by molar-refractivity contribution is -0.147. The maximum atomic E-state index is 12.4. The Morgan fingerprint density at radius 1 is 1.55 bits per heavy atom. The molecular formula is C11H16F3N3O2S. The molecule has 1 heterocycles. The molecule has 0 atom stereocenters. The van der Waals surface area contributed by atoms with Crippen molar-refractivity contribution in [2.45, 2.75) is 26.1 Å². The summed E-state index contributed by atoms with van der Waals surface area (Å²) in [6.07, 6.45) is -4.04. The van der Waals surface area contributed by atoms with Crippen LogP contribution in [-0.4, -0.2) is 46.8 Å². The Morgan fingerprint density at radius 2 is 2.25 bits per heavy atom. The fourth-order valence-corrected chi connectivity index (χ4v) is 2.33. The number of rotatable bonds is 7. The van der Waals surface area contributed by atoms with Gasteiger partial charge in [-0.2, -0.15) is 13.2 Å². The number of halogens is 3. The van der Waals surface area contributed by atoms with E-state index >= 15 is 0 Å². The Kier molecular flexibility index (Phi) is 6.37. The van der Waals surface area contributed by atoms with E-state index in [9.17, 15) is 18.0 Å². The monoisotopic (exact) mass is 311 g/mol. The summed E-state index contributed by atoms with van der Waals surface area (Å²) in [5.74, 6) is -0.279. The number of alkyl halides is 3. The summed E-state index contributed by atoms with van der Waals surface area (Å²) in [6.45, 7) is 0.263. The molecule has 0 aromatic carbocycles. The van der Waals surface area contributed by atoms with E-state index in [2.05, 4.69) is 10.3 Å². The summed E-state index contributed by atoms with van der Waals surface area (Å²) in [5, 5.41) is 13.2. The van der Waals surface area contributed by atoms with Gasteiger partial charge in [-0.3, -0.25) is 9.69 Å². The van der Waals surface area contributed by atoms with Crippen molar-refractivity contribution in [3.63, 3.8) is 0 Å². The van der Waals surface area contributed by atoms with Crippen molar-refractivity contribution < 1.29 is 23.1 Å². The molecule has 2 N–H and O–H groups in total. The maximum Gasteiger partial charge on any atom is 0.401 e. The van der Waals surface area contributed by atoms with Crippen molar-refractivity contribution in [2.24, 2.45) is 0 Å².